The molecule has 0 N–H and O–H groups in total. The van der Waals surface area contributed by atoms with Crippen molar-refractivity contribution < 1.29 is 31.6 Å². The summed E-state index contributed by atoms with van der Waals surface area (Å²) in [5, 5.41) is 0. The fourth-order valence-electron chi connectivity index (χ4n) is 2.80. The van der Waals surface area contributed by atoms with Gasteiger partial charge in [0.2, 0.25) is 0 Å². The third-order valence-electron chi connectivity index (χ3n) is 4.23. The summed E-state index contributed by atoms with van der Waals surface area (Å²) in [6.45, 7) is 5.19. The van der Waals surface area contributed by atoms with E-state index in [1.165, 1.54) is 12.1 Å². The number of esters is 1. The lowest BCUT2D eigenvalue weighted by Gasteiger charge is -2.31. The zero-order chi connectivity index (χ0) is 18.7. The highest BCUT2D eigenvalue weighted by Gasteiger charge is 2.37. The number of rotatable bonds is 7. The van der Waals surface area contributed by atoms with Crippen molar-refractivity contribution >= 4 is 16.1 Å². The predicted octanol–water partition coefficient (Wildman–Crippen LogP) is 2.80. The van der Waals surface area contributed by atoms with Crippen LogP contribution in [0.4, 0.5) is 4.39 Å². The molecule has 2 rings (SSSR count). The van der Waals surface area contributed by atoms with Crippen LogP contribution < -0.4 is 4.74 Å². The molecule has 1 aliphatic rings. The zero-order valence-electron chi connectivity index (χ0n) is 13.9. The number of ether oxygens (including phenoxy) is 2. The maximum Gasteiger partial charge on any atom is 0.338 e. The van der Waals surface area contributed by atoms with Crippen molar-refractivity contribution in [3.63, 3.8) is 0 Å². The number of benzene rings is 1. The summed E-state index contributed by atoms with van der Waals surface area (Å²) < 4.78 is 56.3. The van der Waals surface area contributed by atoms with Gasteiger partial charge < -0.3 is 14.0 Å². The highest BCUT2D eigenvalue weighted by Crippen LogP contribution is 2.40. The molecule has 0 bridgehead atoms. The minimum atomic E-state index is -4.47. The van der Waals surface area contributed by atoms with Gasteiger partial charge >= 0.3 is 5.97 Å². The van der Waals surface area contributed by atoms with Crippen molar-refractivity contribution in [2.45, 2.75) is 38.2 Å². The molecule has 0 aromatic heterocycles. The molecule has 6 nitrogen and oxygen atoms in total. The molecule has 0 heterocycles. The molecule has 1 aromatic carbocycles. The molecule has 1 fully saturated rings. The Kier molecular flexibility index (Phi) is 5.84. The SMILES string of the molecule is C=C(C)C1(Oc2cc(C(=O)OCCS(=O)(=O)[O-])ccc2F)CCCC1. The van der Waals surface area contributed by atoms with Gasteiger partial charge in [-0.15, -0.1) is 0 Å². The summed E-state index contributed by atoms with van der Waals surface area (Å²) in [5.74, 6) is -2.38. The fourth-order valence-corrected chi connectivity index (χ4v) is 3.09. The zero-order valence-corrected chi connectivity index (χ0v) is 14.7. The van der Waals surface area contributed by atoms with E-state index >= 15 is 0 Å². The van der Waals surface area contributed by atoms with Gasteiger partial charge in [-0.3, -0.25) is 0 Å². The lowest BCUT2D eigenvalue weighted by Crippen LogP contribution is -2.34. The summed E-state index contributed by atoms with van der Waals surface area (Å²) in [5.41, 5.74) is 0.146. The summed E-state index contributed by atoms with van der Waals surface area (Å²) in [6.07, 6.45) is 3.33. The Balaban J connectivity index is 2.14. The number of carbonyl (C=O) groups excluding carboxylic acids is 1. The van der Waals surface area contributed by atoms with E-state index in [-0.39, 0.29) is 11.3 Å². The molecule has 0 radical (unpaired) electrons. The van der Waals surface area contributed by atoms with Gasteiger partial charge in [-0.2, -0.15) is 0 Å². The number of carbonyl (C=O) groups is 1. The molecule has 138 valence electrons. The minimum Gasteiger partial charge on any atom is -0.748 e. The monoisotopic (exact) mass is 371 g/mol. The Labute approximate surface area is 146 Å². The summed E-state index contributed by atoms with van der Waals surface area (Å²) in [7, 11) is -4.47. The van der Waals surface area contributed by atoms with Gasteiger partial charge in [-0.05, 0) is 56.4 Å². The van der Waals surface area contributed by atoms with Gasteiger partial charge in [-0.25, -0.2) is 17.6 Å². The molecule has 0 atom stereocenters. The van der Waals surface area contributed by atoms with Crippen LogP contribution in [-0.2, 0) is 14.9 Å². The Morgan fingerprint density at radius 3 is 2.56 bits per heavy atom. The van der Waals surface area contributed by atoms with Gasteiger partial charge in [0.25, 0.3) is 0 Å². The van der Waals surface area contributed by atoms with E-state index in [9.17, 15) is 22.2 Å². The Morgan fingerprint density at radius 2 is 2.00 bits per heavy atom. The van der Waals surface area contributed by atoms with Gasteiger partial charge in [-0.1, -0.05) is 6.58 Å². The standard InChI is InChI=1S/C17H21FO6S/c1-12(2)17(7-3-4-8-17)24-15-11-13(5-6-14(15)18)16(19)23-9-10-25(20,21)22/h5-6,11H,1,3-4,7-10H2,2H3,(H,20,21,22)/p-1. The van der Waals surface area contributed by atoms with E-state index in [0.717, 1.165) is 37.3 Å². The Bertz CT molecular complexity index is 765. The molecular formula is C17H20FO6S-. The highest BCUT2D eigenvalue weighted by molar-refractivity contribution is 7.85. The van der Waals surface area contributed by atoms with Gasteiger partial charge in [0.15, 0.2) is 11.6 Å². The van der Waals surface area contributed by atoms with E-state index in [4.69, 9.17) is 9.47 Å². The fraction of sp³-hybridized carbons (Fsp3) is 0.471. The highest BCUT2D eigenvalue weighted by atomic mass is 32.2. The summed E-state index contributed by atoms with van der Waals surface area (Å²) in [4.78, 5) is 11.9. The molecule has 0 amide bonds. The molecule has 0 unspecified atom stereocenters. The number of halogens is 1. The van der Waals surface area contributed by atoms with Crippen molar-refractivity contribution in [2.75, 3.05) is 12.4 Å². The largest absolute Gasteiger partial charge is 0.748 e. The Morgan fingerprint density at radius 1 is 1.36 bits per heavy atom. The topological polar surface area (TPSA) is 92.7 Å². The van der Waals surface area contributed by atoms with Crippen LogP contribution in [0.3, 0.4) is 0 Å². The van der Waals surface area contributed by atoms with Crippen molar-refractivity contribution in [3.8, 4) is 5.75 Å². The van der Waals surface area contributed by atoms with Gasteiger partial charge in [0, 0.05) is 0 Å². The van der Waals surface area contributed by atoms with Crippen LogP contribution in [0.2, 0.25) is 0 Å². The number of hydrogen-bond donors (Lipinski definition) is 0. The smallest absolute Gasteiger partial charge is 0.338 e. The second kappa shape index (κ2) is 7.53. The van der Waals surface area contributed by atoms with E-state index in [1.54, 1.807) is 0 Å². The average Bonchev–Trinajstić information content (AvgIpc) is 2.98. The first-order valence-corrected chi connectivity index (χ1v) is 9.46. The van der Waals surface area contributed by atoms with E-state index < -0.39 is 39.9 Å². The van der Waals surface area contributed by atoms with Crippen molar-refractivity contribution in [1.82, 2.24) is 0 Å². The van der Waals surface area contributed by atoms with Crippen LogP contribution in [0.15, 0.2) is 30.4 Å². The van der Waals surface area contributed by atoms with Crippen molar-refractivity contribution in [3.05, 3.63) is 41.7 Å². The normalized spacial score (nSPS) is 16.4. The summed E-state index contributed by atoms with van der Waals surface area (Å²) >= 11 is 0. The van der Waals surface area contributed by atoms with E-state index in [1.807, 2.05) is 6.92 Å². The molecule has 1 aromatic rings. The van der Waals surface area contributed by atoms with Gasteiger partial charge in [0.1, 0.15) is 12.2 Å². The van der Waals surface area contributed by atoms with Gasteiger partial charge in [0.05, 0.1) is 21.4 Å². The second-order valence-electron chi connectivity index (χ2n) is 6.13. The maximum absolute atomic E-state index is 14.1. The molecule has 1 aliphatic carbocycles. The molecule has 0 saturated heterocycles. The first-order chi connectivity index (χ1) is 11.6. The maximum atomic E-state index is 14.1. The van der Waals surface area contributed by atoms with Crippen LogP contribution in [0, 0.1) is 5.82 Å². The third-order valence-corrected chi connectivity index (χ3v) is 4.89. The van der Waals surface area contributed by atoms with Crippen molar-refractivity contribution in [2.24, 2.45) is 0 Å². The molecular weight excluding hydrogens is 351 g/mol. The van der Waals surface area contributed by atoms with Crippen LogP contribution in [0.5, 0.6) is 5.75 Å². The van der Waals surface area contributed by atoms with E-state index in [2.05, 4.69) is 6.58 Å². The lowest BCUT2D eigenvalue weighted by molar-refractivity contribution is 0.0525. The third kappa shape index (κ3) is 5.02. The first kappa shape index (κ1) is 19.4. The van der Waals surface area contributed by atoms with Crippen LogP contribution in [0.1, 0.15) is 43.0 Å². The molecule has 8 heteroatoms. The predicted molar refractivity (Wildman–Crippen MR) is 87.9 cm³/mol. The van der Waals surface area contributed by atoms with Crippen LogP contribution >= 0.6 is 0 Å². The van der Waals surface area contributed by atoms with Crippen molar-refractivity contribution in [1.29, 1.82) is 0 Å². The summed E-state index contributed by atoms with van der Waals surface area (Å²) in [6, 6.07) is 3.50. The quantitative estimate of drug-likeness (QED) is 0.416. The molecule has 1 saturated carbocycles. The van der Waals surface area contributed by atoms with Crippen LogP contribution in [-0.4, -0.2) is 36.9 Å². The molecule has 0 spiro atoms. The second-order valence-corrected chi connectivity index (χ2v) is 7.65. The van der Waals surface area contributed by atoms with Crippen LogP contribution in [0.25, 0.3) is 0 Å². The van der Waals surface area contributed by atoms with E-state index in [0.29, 0.717) is 0 Å². The minimum absolute atomic E-state index is 0.00885. The average molecular weight is 371 g/mol. The molecule has 0 aliphatic heterocycles. The lowest BCUT2D eigenvalue weighted by atomic mass is 9.94. The first-order valence-electron chi connectivity index (χ1n) is 7.88. The number of hydrogen-bond acceptors (Lipinski definition) is 6. The Hall–Kier alpha value is -1.93. The molecule has 25 heavy (non-hydrogen) atoms.